The fraction of sp³-hybridized carbons (Fsp3) is 0.615. The van der Waals surface area contributed by atoms with Crippen LogP contribution in [0.3, 0.4) is 0 Å². The van der Waals surface area contributed by atoms with Gasteiger partial charge in [0.1, 0.15) is 19.8 Å². The Morgan fingerprint density at radius 3 is 2.27 bits per heavy atom. The van der Waals surface area contributed by atoms with Gasteiger partial charge >= 0.3 is 0 Å². The third-order valence-electron chi connectivity index (χ3n) is 8.51. The molecule has 7 nitrogen and oxygen atoms in total. The summed E-state index contributed by atoms with van der Waals surface area (Å²) in [6, 6.07) is 11.0. The van der Waals surface area contributed by atoms with E-state index in [0.717, 1.165) is 57.2 Å². The molecule has 3 fully saturated rings. The van der Waals surface area contributed by atoms with E-state index in [-0.39, 0.29) is 11.1 Å². The molecule has 1 N–H and O–H groups in total. The normalized spacial score (nSPS) is 30.2. The molecule has 5 rings (SSSR count). The van der Waals surface area contributed by atoms with E-state index in [0.29, 0.717) is 20.0 Å². The maximum atomic E-state index is 11.1. The van der Waals surface area contributed by atoms with E-state index >= 15 is 0 Å². The zero-order valence-electron chi connectivity index (χ0n) is 20.0. The van der Waals surface area contributed by atoms with Crippen molar-refractivity contribution >= 4 is 5.69 Å². The SMILES string of the molecule is CN(C)[C@]1(c2ccccc2)CC[C@]2(CC1)CN(c1cncnc1)COCN2CC1(O)CCC1. The number of rotatable bonds is 5. The molecule has 33 heavy (non-hydrogen) atoms. The number of aromatic nitrogens is 2. The Labute approximate surface area is 197 Å². The van der Waals surface area contributed by atoms with Crippen LogP contribution in [0.4, 0.5) is 5.69 Å². The highest BCUT2D eigenvalue weighted by Gasteiger charge is 2.51. The summed E-state index contributed by atoms with van der Waals surface area (Å²) in [4.78, 5) is 15.6. The van der Waals surface area contributed by atoms with Crippen molar-refractivity contribution in [3.8, 4) is 0 Å². The van der Waals surface area contributed by atoms with Crippen molar-refractivity contribution < 1.29 is 9.84 Å². The predicted molar refractivity (Wildman–Crippen MR) is 129 cm³/mol. The number of anilines is 1. The lowest BCUT2D eigenvalue weighted by Crippen LogP contribution is -2.63. The third-order valence-corrected chi connectivity index (χ3v) is 8.51. The molecule has 7 heteroatoms. The van der Waals surface area contributed by atoms with Crippen LogP contribution >= 0.6 is 0 Å². The molecular weight excluding hydrogens is 414 g/mol. The molecule has 0 radical (unpaired) electrons. The van der Waals surface area contributed by atoms with Gasteiger partial charge in [0, 0.05) is 24.2 Å². The van der Waals surface area contributed by atoms with Crippen LogP contribution in [0.5, 0.6) is 0 Å². The van der Waals surface area contributed by atoms with E-state index in [1.807, 2.05) is 12.4 Å². The van der Waals surface area contributed by atoms with Crippen LogP contribution in [-0.2, 0) is 10.3 Å². The molecule has 0 amide bonds. The lowest BCUT2D eigenvalue weighted by molar-refractivity contribution is -0.118. The summed E-state index contributed by atoms with van der Waals surface area (Å²) in [5.41, 5.74) is 1.78. The van der Waals surface area contributed by atoms with E-state index in [4.69, 9.17) is 4.74 Å². The van der Waals surface area contributed by atoms with Crippen molar-refractivity contribution in [1.29, 1.82) is 0 Å². The Morgan fingerprint density at radius 2 is 1.67 bits per heavy atom. The second-order valence-corrected chi connectivity index (χ2v) is 10.5. The van der Waals surface area contributed by atoms with Crippen molar-refractivity contribution in [3.05, 3.63) is 54.6 Å². The fourth-order valence-electron chi connectivity index (χ4n) is 6.18. The van der Waals surface area contributed by atoms with Crippen LogP contribution in [-0.4, -0.2) is 76.7 Å². The van der Waals surface area contributed by atoms with Gasteiger partial charge in [0.2, 0.25) is 0 Å². The number of hydrogen-bond donors (Lipinski definition) is 1. The molecule has 2 heterocycles. The minimum atomic E-state index is -0.573. The standard InChI is InChI=1S/C26H37N5O2/c1-29(2)26(22-7-4-3-5-8-22)13-11-24(12-14-26)17-30(23-15-27-19-28-16-23)20-33-21-31(24)18-25(32)9-6-10-25/h3-5,7-8,15-16,19,32H,6,9-14,17-18,20-21H2,1-2H3/t24-,26+. The Bertz CT molecular complexity index is 911. The molecule has 0 unspecified atom stereocenters. The van der Waals surface area contributed by atoms with Gasteiger partial charge in [-0.2, -0.15) is 0 Å². The van der Waals surface area contributed by atoms with Gasteiger partial charge in [0.15, 0.2) is 0 Å². The van der Waals surface area contributed by atoms with Crippen LogP contribution < -0.4 is 4.90 Å². The monoisotopic (exact) mass is 451 g/mol. The second kappa shape index (κ2) is 8.95. The smallest absolute Gasteiger partial charge is 0.120 e. The Kier molecular flexibility index (Phi) is 6.16. The van der Waals surface area contributed by atoms with Crippen molar-refractivity contribution in [2.45, 2.75) is 61.6 Å². The van der Waals surface area contributed by atoms with E-state index in [9.17, 15) is 5.11 Å². The molecular formula is C26H37N5O2. The zero-order valence-corrected chi connectivity index (χ0v) is 20.0. The van der Waals surface area contributed by atoms with Crippen LogP contribution in [0.25, 0.3) is 0 Å². The number of β-amino-alcohol motifs (C(OH)–C–C–N with tert-alkyl or cyclic N) is 1. The first kappa shape index (κ1) is 22.7. The summed E-state index contributed by atoms with van der Waals surface area (Å²) in [7, 11) is 4.42. The topological polar surface area (TPSA) is 65.0 Å². The van der Waals surface area contributed by atoms with E-state index in [1.165, 1.54) is 5.56 Å². The summed E-state index contributed by atoms with van der Waals surface area (Å²) in [6.07, 6.45) is 12.4. The summed E-state index contributed by atoms with van der Waals surface area (Å²) in [6.45, 7) is 2.61. The number of hydrogen-bond acceptors (Lipinski definition) is 7. The molecule has 2 saturated carbocycles. The van der Waals surface area contributed by atoms with Gasteiger partial charge in [0.25, 0.3) is 0 Å². The Morgan fingerprint density at radius 1 is 0.970 bits per heavy atom. The molecule has 2 aromatic rings. The third kappa shape index (κ3) is 4.28. The highest BCUT2D eigenvalue weighted by Crippen LogP contribution is 2.48. The summed E-state index contributed by atoms with van der Waals surface area (Å²) >= 11 is 0. The molecule has 1 aromatic heterocycles. The number of benzene rings is 1. The molecule has 1 spiro atoms. The molecule has 0 atom stereocenters. The van der Waals surface area contributed by atoms with Crippen LogP contribution in [0.2, 0.25) is 0 Å². The second-order valence-electron chi connectivity index (χ2n) is 10.5. The first-order chi connectivity index (χ1) is 15.9. The predicted octanol–water partition coefficient (Wildman–Crippen LogP) is 3.22. The van der Waals surface area contributed by atoms with Gasteiger partial charge in [-0.05, 0) is 64.6 Å². The van der Waals surface area contributed by atoms with Gasteiger partial charge in [-0.25, -0.2) is 9.97 Å². The maximum Gasteiger partial charge on any atom is 0.120 e. The molecule has 0 bridgehead atoms. The van der Waals surface area contributed by atoms with Crippen LogP contribution in [0, 0.1) is 0 Å². The van der Waals surface area contributed by atoms with Crippen molar-refractivity contribution in [2.24, 2.45) is 0 Å². The fourth-order valence-corrected chi connectivity index (χ4v) is 6.18. The Hall–Kier alpha value is -2.06. The van der Waals surface area contributed by atoms with Gasteiger partial charge < -0.3 is 14.7 Å². The largest absolute Gasteiger partial charge is 0.389 e. The lowest BCUT2D eigenvalue weighted by Gasteiger charge is -2.55. The highest BCUT2D eigenvalue weighted by atomic mass is 16.5. The molecule has 1 saturated heterocycles. The van der Waals surface area contributed by atoms with E-state index in [1.54, 1.807) is 6.33 Å². The van der Waals surface area contributed by atoms with Crippen molar-refractivity contribution in [1.82, 2.24) is 19.8 Å². The first-order valence-electron chi connectivity index (χ1n) is 12.2. The molecule has 178 valence electrons. The number of aliphatic hydroxyl groups is 1. The average Bonchev–Trinajstić information content (AvgIpc) is 2.99. The Balaban J connectivity index is 1.45. The molecule has 3 aliphatic rings. The van der Waals surface area contributed by atoms with Crippen LogP contribution in [0.1, 0.15) is 50.5 Å². The first-order valence-corrected chi connectivity index (χ1v) is 12.2. The zero-order chi connectivity index (χ0) is 22.9. The summed E-state index contributed by atoms with van der Waals surface area (Å²) in [5, 5.41) is 11.1. The van der Waals surface area contributed by atoms with Crippen LogP contribution in [0.15, 0.2) is 49.1 Å². The number of ether oxygens (including phenoxy) is 1. The number of nitrogens with zero attached hydrogens (tertiary/aromatic N) is 5. The van der Waals surface area contributed by atoms with Gasteiger partial charge in [-0.1, -0.05) is 30.3 Å². The van der Waals surface area contributed by atoms with Gasteiger partial charge in [-0.15, -0.1) is 0 Å². The van der Waals surface area contributed by atoms with Crippen molar-refractivity contribution in [2.75, 3.05) is 45.5 Å². The van der Waals surface area contributed by atoms with Crippen molar-refractivity contribution in [3.63, 3.8) is 0 Å². The lowest BCUT2D eigenvalue weighted by atomic mass is 9.67. The quantitative estimate of drug-likeness (QED) is 0.749. The summed E-state index contributed by atoms with van der Waals surface area (Å²) in [5.74, 6) is 0. The van der Waals surface area contributed by atoms with E-state index < -0.39 is 5.60 Å². The molecule has 2 aliphatic carbocycles. The molecule has 1 aliphatic heterocycles. The molecule has 1 aromatic carbocycles. The highest BCUT2D eigenvalue weighted by molar-refractivity contribution is 5.42. The summed E-state index contributed by atoms with van der Waals surface area (Å²) < 4.78 is 6.17. The maximum absolute atomic E-state index is 11.1. The average molecular weight is 452 g/mol. The van der Waals surface area contributed by atoms with Gasteiger partial charge in [-0.3, -0.25) is 9.80 Å². The minimum absolute atomic E-state index is 0.0272. The minimum Gasteiger partial charge on any atom is -0.389 e. The van der Waals surface area contributed by atoms with Gasteiger partial charge in [0.05, 0.1) is 23.7 Å². The van der Waals surface area contributed by atoms with E-state index in [2.05, 4.69) is 69.1 Å².